The monoisotopic (exact) mass is 543 g/mol. The van der Waals surface area contributed by atoms with Gasteiger partial charge in [-0.2, -0.15) is 0 Å². The molecule has 6 nitrogen and oxygen atoms in total. The second-order valence-corrected chi connectivity index (χ2v) is 12.0. The first-order valence-corrected chi connectivity index (χ1v) is 13.9. The molecule has 9 heteroatoms. The van der Waals surface area contributed by atoms with Gasteiger partial charge in [-0.15, -0.1) is 22.7 Å². The number of hydrogen-bond donors (Lipinski definition) is 1. The molecule has 188 valence electrons. The molecule has 2 aromatic heterocycles. The van der Waals surface area contributed by atoms with Gasteiger partial charge in [-0.3, -0.25) is 9.59 Å². The van der Waals surface area contributed by atoms with Crippen molar-refractivity contribution in [2.24, 2.45) is 11.8 Å². The van der Waals surface area contributed by atoms with Crippen molar-refractivity contribution in [3.8, 4) is 5.75 Å². The molecule has 4 atom stereocenters. The molecule has 3 heterocycles. The van der Waals surface area contributed by atoms with Gasteiger partial charge in [-0.1, -0.05) is 30.2 Å². The minimum Gasteiger partial charge on any atom is -0.497 e. The van der Waals surface area contributed by atoms with Crippen molar-refractivity contribution in [2.45, 2.75) is 44.2 Å². The summed E-state index contributed by atoms with van der Waals surface area (Å²) in [6.07, 6.45) is 2.42. The number of ether oxygens (including phenoxy) is 1. The molecule has 3 aromatic rings. The number of likely N-dealkylation sites (tertiary alicyclic amines) is 1. The predicted molar refractivity (Wildman–Crippen MR) is 140 cm³/mol. The molecule has 1 saturated heterocycles. The van der Waals surface area contributed by atoms with E-state index in [1.165, 1.54) is 27.6 Å². The number of carbonyl (C=O) groups is 3. The van der Waals surface area contributed by atoms with Gasteiger partial charge < -0.3 is 14.7 Å². The van der Waals surface area contributed by atoms with E-state index in [9.17, 15) is 19.5 Å². The van der Waals surface area contributed by atoms with E-state index < -0.39 is 29.9 Å². The van der Waals surface area contributed by atoms with Crippen LogP contribution in [-0.4, -0.2) is 40.8 Å². The molecule has 0 radical (unpaired) electrons. The quantitative estimate of drug-likeness (QED) is 0.359. The number of amides is 1. The molecule has 0 spiro atoms. The maximum atomic E-state index is 14.2. The number of hydrogen-bond acceptors (Lipinski definition) is 6. The number of carboxylic acid groups (broad SMARTS) is 1. The lowest BCUT2D eigenvalue weighted by molar-refractivity contribution is -0.153. The molecule has 1 N–H and O–H groups in total. The van der Waals surface area contributed by atoms with Gasteiger partial charge in [0.15, 0.2) is 5.78 Å². The van der Waals surface area contributed by atoms with E-state index in [-0.39, 0.29) is 17.6 Å². The van der Waals surface area contributed by atoms with Crippen molar-refractivity contribution < 1.29 is 24.2 Å². The number of benzene rings is 1. The van der Waals surface area contributed by atoms with Crippen LogP contribution in [0.5, 0.6) is 5.75 Å². The topological polar surface area (TPSA) is 83.9 Å². The van der Waals surface area contributed by atoms with Crippen molar-refractivity contribution in [3.63, 3.8) is 0 Å². The van der Waals surface area contributed by atoms with E-state index in [1.807, 2.05) is 24.4 Å². The zero-order valence-corrected chi connectivity index (χ0v) is 22.2. The first-order chi connectivity index (χ1) is 17.3. The van der Waals surface area contributed by atoms with Crippen LogP contribution in [0.1, 0.15) is 56.9 Å². The van der Waals surface area contributed by atoms with E-state index in [4.69, 9.17) is 16.3 Å². The second-order valence-electron chi connectivity index (χ2n) is 9.37. The van der Waals surface area contributed by atoms with Crippen LogP contribution in [0, 0.1) is 18.8 Å². The zero-order valence-electron chi connectivity index (χ0n) is 19.8. The molecule has 5 rings (SSSR count). The molecular formula is C27H26ClNO5S2. The summed E-state index contributed by atoms with van der Waals surface area (Å²) in [4.78, 5) is 43.8. The molecule has 0 bridgehead atoms. The van der Waals surface area contributed by atoms with Gasteiger partial charge in [0.25, 0.3) is 0 Å². The van der Waals surface area contributed by atoms with E-state index in [0.29, 0.717) is 20.5 Å². The van der Waals surface area contributed by atoms with Crippen LogP contribution < -0.4 is 4.74 Å². The van der Waals surface area contributed by atoms with Gasteiger partial charge in [-0.25, -0.2) is 4.79 Å². The molecule has 1 amide bonds. The number of ketones is 1. The molecule has 1 aliphatic carbocycles. The fourth-order valence-corrected chi connectivity index (χ4v) is 7.56. The van der Waals surface area contributed by atoms with Gasteiger partial charge in [-0.05, 0) is 66.6 Å². The molecule has 4 unspecified atom stereocenters. The number of carbonyl (C=O) groups excluding carboxylic acids is 2. The summed E-state index contributed by atoms with van der Waals surface area (Å²) in [5.41, 5.74) is 1.60. The lowest BCUT2D eigenvalue weighted by Gasteiger charge is -2.36. The molecule has 1 aromatic carbocycles. The Bertz CT molecular complexity index is 1310. The van der Waals surface area contributed by atoms with Gasteiger partial charge in [0.05, 0.1) is 28.3 Å². The van der Waals surface area contributed by atoms with E-state index in [0.717, 1.165) is 29.7 Å². The fourth-order valence-electron chi connectivity index (χ4n) is 5.46. The SMILES string of the molecule is COc1cccc(C2C(C(=O)c3ccc(Cl)s3)C(c3sccc3C)N(C(=O)C3CCC3)C2C(=O)O)c1. The Morgan fingerprint density at radius 2 is 1.92 bits per heavy atom. The van der Waals surface area contributed by atoms with Crippen molar-refractivity contribution in [1.82, 2.24) is 4.90 Å². The zero-order chi connectivity index (χ0) is 25.6. The second kappa shape index (κ2) is 10.00. The summed E-state index contributed by atoms with van der Waals surface area (Å²) in [6.45, 7) is 1.94. The van der Waals surface area contributed by atoms with Crippen molar-refractivity contribution in [1.29, 1.82) is 0 Å². The predicted octanol–water partition coefficient (Wildman–Crippen LogP) is 6.20. The minimum absolute atomic E-state index is 0.182. The number of nitrogens with zero attached hydrogens (tertiary/aromatic N) is 1. The van der Waals surface area contributed by atoms with Crippen LogP contribution in [0.4, 0.5) is 0 Å². The van der Waals surface area contributed by atoms with Crippen LogP contribution in [0.2, 0.25) is 4.34 Å². The molecule has 1 saturated carbocycles. The normalized spacial score (nSPS) is 23.9. The number of aliphatic carboxylic acids is 1. The maximum Gasteiger partial charge on any atom is 0.327 e. The Morgan fingerprint density at radius 1 is 1.14 bits per heavy atom. The van der Waals surface area contributed by atoms with Crippen LogP contribution in [0.25, 0.3) is 0 Å². The first kappa shape index (κ1) is 25.0. The smallest absolute Gasteiger partial charge is 0.327 e. The van der Waals surface area contributed by atoms with E-state index in [1.54, 1.807) is 37.4 Å². The molecule has 1 aliphatic heterocycles. The Hall–Kier alpha value is -2.68. The van der Waals surface area contributed by atoms with E-state index in [2.05, 4.69) is 0 Å². The highest BCUT2D eigenvalue weighted by Gasteiger charge is 2.59. The number of aryl methyl sites for hydroxylation is 1. The molecule has 36 heavy (non-hydrogen) atoms. The van der Waals surface area contributed by atoms with Gasteiger partial charge in [0.1, 0.15) is 11.8 Å². The third-order valence-corrected chi connectivity index (χ3v) is 9.73. The van der Waals surface area contributed by atoms with Crippen LogP contribution >= 0.6 is 34.3 Å². The number of Topliss-reactive ketones (excluding diaryl/α,β-unsaturated/α-hetero) is 1. The van der Waals surface area contributed by atoms with Gasteiger partial charge in [0, 0.05) is 16.7 Å². The Morgan fingerprint density at radius 3 is 2.47 bits per heavy atom. The largest absolute Gasteiger partial charge is 0.497 e. The summed E-state index contributed by atoms with van der Waals surface area (Å²) < 4.78 is 5.91. The number of halogens is 1. The highest BCUT2D eigenvalue weighted by molar-refractivity contribution is 7.18. The third-order valence-electron chi connectivity index (χ3n) is 7.40. The van der Waals surface area contributed by atoms with Crippen molar-refractivity contribution in [2.75, 3.05) is 7.11 Å². The molecular weight excluding hydrogens is 518 g/mol. The Balaban J connectivity index is 1.75. The van der Waals surface area contributed by atoms with Crippen molar-refractivity contribution in [3.05, 3.63) is 73.1 Å². The third kappa shape index (κ3) is 4.25. The first-order valence-electron chi connectivity index (χ1n) is 11.8. The highest BCUT2D eigenvalue weighted by Crippen LogP contribution is 2.54. The van der Waals surface area contributed by atoms with Crippen LogP contribution in [0.15, 0.2) is 47.8 Å². The number of rotatable bonds is 7. The Kier molecular flexibility index (Phi) is 6.94. The molecule has 2 aliphatic rings. The summed E-state index contributed by atoms with van der Waals surface area (Å²) >= 11 is 8.82. The van der Waals surface area contributed by atoms with Crippen LogP contribution in [-0.2, 0) is 9.59 Å². The molecule has 2 fully saturated rings. The van der Waals surface area contributed by atoms with E-state index >= 15 is 0 Å². The number of thiophene rings is 2. The number of carboxylic acids is 1. The highest BCUT2D eigenvalue weighted by atomic mass is 35.5. The summed E-state index contributed by atoms with van der Waals surface area (Å²) in [5.74, 6) is -2.71. The minimum atomic E-state index is -1.19. The standard InChI is InChI=1S/C27H26ClNO5S2/c1-14-11-12-35-25(14)22-21(24(30)18-9-10-19(28)36-18)20(16-7-4-8-17(13-16)34-2)23(27(32)33)29(22)26(31)15-5-3-6-15/h4,7-13,15,20-23H,3,5-6H2,1-2H3,(H,32,33). The maximum absolute atomic E-state index is 14.2. The van der Waals surface area contributed by atoms with Gasteiger partial charge >= 0.3 is 5.97 Å². The van der Waals surface area contributed by atoms with Crippen molar-refractivity contribution >= 4 is 51.9 Å². The average Bonchev–Trinajstić information content (AvgIpc) is 3.53. The Labute approximate surface area is 222 Å². The lowest BCUT2D eigenvalue weighted by atomic mass is 9.78. The fraction of sp³-hybridized carbons (Fsp3) is 0.370. The summed E-state index contributed by atoms with van der Waals surface area (Å²) in [5, 5.41) is 12.5. The number of methoxy groups -OCH3 is 1. The summed E-state index contributed by atoms with van der Waals surface area (Å²) in [6, 6.07) is 10.6. The lowest BCUT2D eigenvalue weighted by Crippen LogP contribution is -2.47. The average molecular weight is 544 g/mol. The van der Waals surface area contributed by atoms with Crippen LogP contribution in [0.3, 0.4) is 0 Å². The summed E-state index contributed by atoms with van der Waals surface area (Å²) in [7, 11) is 1.54. The van der Waals surface area contributed by atoms with Gasteiger partial charge in [0.2, 0.25) is 5.91 Å².